The van der Waals surface area contributed by atoms with Crippen molar-refractivity contribution >= 4 is 33.8 Å². The summed E-state index contributed by atoms with van der Waals surface area (Å²) in [6.07, 6.45) is 1.19. The monoisotopic (exact) mass is 619 g/mol. The number of rotatable bonds is 9. The summed E-state index contributed by atoms with van der Waals surface area (Å²) < 4.78 is 44.1. The predicted octanol–water partition coefficient (Wildman–Crippen LogP) is 4.96. The van der Waals surface area contributed by atoms with E-state index >= 15 is 0 Å². The number of carbonyl (C=O) groups excluding carboxylic acids is 2. The number of esters is 1. The van der Waals surface area contributed by atoms with Gasteiger partial charge in [0.05, 0.1) is 13.2 Å². The Hall–Kier alpha value is -2.60. The Kier molecular flexibility index (Phi) is 9.66. The molecule has 9 nitrogen and oxygen atoms in total. The van der Waals surface area contributed by atoms with Gasteiger partial charge in [-0.1, -0.05) is 46.8 Å². The van der Waals surface area contributed by atoms with Crippen LogP contribution in [0.4, 0.5) is 0 Å². The summed E-state index contributed by atoms with van der Waals surface area (Å²) in [4.78, 5) is 27.7. The van der Waals surface area contributed by atoms with Crippen molar-refractivity contribution in [2.24, 2.45) is 5.92 Å². The maximum absolute atomic E-state index is 13.6. The number of thioether (sulfide) groups is 1. The zero-order valence-electron chi connectivity index (χ0n) is 25.1. The normalized spacial score (nSPS) is 22.3. The zero-order valence-corrected chi connectivity index (χ0v) is 26.8. The highest BCUT2D eigenvalue weighted by Crippen LogP contribution is 2.44. The van der Waals surface area contributed by atoms with Crippen molar-refractivity contribution in [2.45, 2.75) is 82.0 Å². The number of nitrogens with zero attached hydrogens (tertiary/aromatic N) is 1. The number of ketones is 1. The number of carbonyl (C=O) groups is 2. The maximum Gasteiger partial charge on any atom is 0.385 e. The van der Waals surface area contributed by atoms with E-state index in [2.05, 4.69) is 0 Å². The Labute approximate surface area is 253 Å². The lowest BCUT2D eigenvalue weighted by Crippen LogP contribution is -2.52. The summed E-state index contributed by atoms with van der Waals surface area (Å²) in [7, 11) is -4.02. The maximum atomic E-state index is 13.6. The molecule has 1 unspecified atom stereocenters. The van der Waals surface area contributed by atoms with Gasteiger partial charge in [0.25, 0.3) is 0 Å². The molecular formula is C31H41NO8S2. The van der Waals surface area contributed by atoms with Gasteiger partial charge in [-0.25, -0.2) is 0 Å². The van der Waals surface area contributed by atoms with E-state index in [1.807, 2.05) is 46.8 Å². The second kappa shape index (κ2) is 12.6. The van der Waals surface area contributed by atoms with Crippen molar-refractivity contribution < 1.29 is 36.8 Å². The van der Waals surface area contributed by atoms with Gasteiger partial charge >= 0.3 is 16.3 Å². The van der Waals surface area contributed by atoms with Crippen molar-refractivity contribution in [3.8, 4) is 11.5 Å². The van der Waals surface area contributed by atoms with Crippen LogP contribution in [0, 0.1) is 12.8 Å². The molecule has 0 saturated carbocycles. The number of hydrogen-bond donors (Lipinski definition) is 1. The summed E-state index contributed by atoms with van der Waals surface area (Å²) in [6, 6.07) is 10.4. The second-order valence-electron chi connectivity index (χ2n) is 12.4. The van der Waals surface area contributed by atoms with Gasteiger partial charge in [-0.15, -0.1) is 11.8 Å². The van der Waals surface area contributed by atoms with Gasteiger partial charge in [0.15, 0.2) is 11.0 Å². The molecule has 2 aromatic carbocycles. The van der Waals surface area contributed by atoms with E-state index < -0.39 is 32.5 Å². The van der Waals surface area contributed by atoms with Crippen LogP contribution in [0.3, 0.4) is 0 Å². The summed E-state index contributed by atoms with van der Waals surface area (Å²) in [6.45, 7) is 12.7. The average Bonchev–Trinajstić information content (AvgIpc) is 2.91. The number of phenolic OH excluding ortho intramolecular Hbond substituents is 1. The van der Waals surface area contributed by atoms with Crippen molar-refractivity contribution in [3.05, 3.63) is 53.1 Å². The van der Waals surface area contributed by atoms with Crippen LogP contribution in [0.5, 0.6) is 11.5 Å². The van der Waals surface area contributed by atoms with Gasteiger partial charge in [-0.3, -0.25) is 9.59 Å². The molecule has 2 aliphatic rings. The molecule has 0 aliphatic carbocycles. The van der Waals surface area contributed by atoms with Crippen molar-refractivity contribution in [1.82, 2.24) is 4.31 Å². The average molecular weight is 620 g/mol. The van der Waals surface area contributed by atoms with Crippen LogP contribution in [-0.2, 0) is 41.2 Å². The number of aryl methyl sites for hydroxylation is 2. The van der Waals surface area contributed by atoms with E-state index in [1.54, 1.807) is 31.2 Å². The molecule has 0 spiro atoms. The summed E-state index contributed by atoms with van der Waals surface area (Å²) in [5.74, 6) is -0.446. The Bertz CT molecular complexity index is 1390. The molecule has 0 aromatic heterocycles. The molecule has 2 saturated heterocycles. The standard InChI is InChI=1S/C31H41NO8S2/c1-20(2)31(12-11-22-7-9-23(33)10-8-22)19-25(34)28(29(35)39-31)41-27-17-21(3)26(18-24(27)30(4,5)6)40-42(36,37)32-13-15-38-16-14-32/h7-10,17-18,20,28,33H,11-16,19H2,1-6H3/t28?,31-/m0/s1. The molecule has 2 aliphatic heterocycles. The highest BCUT2D eigenvalue weighted by atomic mass is 32.2. The fraction of sp³-hybridized carbons (Fsp3) is 0.548. The molecule has 2 heterocycles. The summed E-state index contributed by atoms with van der Waals surface area (Å²) >= 11 is 1.15. The molecule has 230 valence electrons. The van der Waals surface area contributed by atoms with Crippen molar-refractivity contribution in [3.63, 3.8) is 0 Å². The SMILES string of the molecule is Cc1cc(SC2C(=O)C[C@@](CCc3ccc(O)cc3)(C(C)C)OC2=O)c(C(C)(C)C)cc1OS(=O)(=O)N1CCOCC1. The first-order chi connectivity index (χ1) is 19.6. The Morgan fingerprint density at radius 2 is 1.76 bits per heavy atom. The second-order valence-corrected chi connectivity index (χ2v) is 15.0. The number of hydrogen-bond acceptors (Lipinski definition) is 9. The van der Waals surface area contributed by atoms with Gasteiger partial charge in [-0.05, 0) is 72.1 Å². The molecule has 0 radical (unpaired) electrons. The third kappa shape index (κ3) is 7.30. The van der Waals surface area contributed by atoms with Crippen molar-refractivity contribution in [1.29, 1.82) is 0 Å². The van der Waals surface area contributed by atoms with E-state index in [0.29, 0.717) is 36.5 Å². The molecule has 2 atom stereocenters. The first-order valence-electron chi connectivity index (χ1n) is 14.2. The van der Waals surface area contributed by atoms with E-state index in [9.17, 15) is 23.1 Å². The van der Waals surface area contributed by atoms with Gasteiger partial charge in [0, 0.05) is 24.4 Å². The van der Waals surface area contributed by atoms with Crippen LogP contribution in [-0.4, -0.2) is 66.7 Å². The quantitative estimate of drug-likeness (QED) is 0.307. The number of cyclic esters (lactones) is 1. The van der Waals surface area contributed by atoms with Gasteiger partial charge in [0.2, 0.25) is 0 Å². The van der Waals surface area contributed by atoms with E-state index in [1.165, 1.54) is 4.31 Å². The van der Waals surface area contributed by atoms with E-state index in [-0.39, 0.29) is 42.7 Å². The molecule has 42 heavy (non-hydrogen) atoms. The fourth-order valence-electron chi connectivity index (χ4n) is 5.19. The lowest BCUT2D eigenvalue weighted by atomic mass is 9.78. The van der Waals surface area contributed by atoms with Crippen molar-refractivity contribution in [2.75, 3.05) is 26.3 Å². The molecule has 2 aromatic rings. The molecule has 0 amide bonds. The minimum absolute atomic E-state index is 0.0781. The van der Waals surface area contributed by atoms with Gasteiger partial charge in [-0.2, -0.15) is 12.7 Å². The number of benzene rings is 2. The van der Waals surface area contributed by atoms with Crippen LogP contribution < -0.4 is 4.18 Å². The minimum atomic E-state index is -4.02. The molecule has 4 rings (SSSR count). The topological polar surface area (TPSA) is 119 Å². The lowest BCUT2D eigenvalue weighted by Gasteiger charge is -2.41. The number of aromatic hydroxyl groups is 1. The Morgan fingerprint density at radius 3 is 2.33 bits per heavy atom. The van der Waals surface area contributed by atoms with Crippen LogP contribution in [0.2, 0.25) is 0 Å². The number of phenols is 1. The predicted molar refractivity (Wildman–Crippen MR) is 161 cm³/mol. The Morgan fingerprint density at radius 1 is 1.12 bits per heavy atom. The first kappa shape index (κ1) is 32.3. The van der Waals surface area contributed by atoms with Gasteiger partial charge < -0.3 is 18.8 Å². The lowest BCUT2D eigenvalue weighted by molar-refractivity contribution is -0.176. The fourth-order valence-corrected chi connectivity index (χ4v) is 7.65. The number of ether oxygens (including phenoxy) is 2. The first-order valence-corrected chi connectivity index (χ1v) is 16.5. The number of morpholine rings is 1. The van der Waals surface area contributed by atoms with Crippen LogP contribution >= 0.6 is 11.8 Å². The molecule has 1 N–H and O–H groups in total. The van der Waals surface area contributed by atoms with E-state index in [0.717, 1.165) is 22.9 Å². The molecule has 2 fully saturated rings. The molecule has 11 heteroatoms. The largest absolute Gasteiger partial charge is 0.508 e. The van der Waals surface area contributed by atoms with Crippen LogP contribution in [0.1, 0.15) is 64.2 Å². The Balaban J connectivity index is 1.56. The summed E-state index contributed by atoms with van der Waals surface area (Å²) in [5, 5.41) is 8.55. The third-order valence-corrected chi connectivity index (χ3v) is 10.6. The van der Waals surface area contributed by atoms with Crippen LogP contribution in [0.15, 0.2) is 41.3 Å². The van der Waals surface area contributed by atoms with E-state index in [4.69, 9.17) is 13.7 Å². The third-order valence-electron chi connectivity index (χ3n) is 7.92. The minimum Gasteiger partial charge on any atom is -0.508 e. The highest BCUT2D eigenvalue weighted by molar-refractivity contribution is 8.01. The van der Waals surface area contributed by atoms with Gasteiger partial charge in [0.1, 0.15) is 17.1 Å². The zero-order chi connectivity index (χ0) is 30.9. The highest BCUT2D eigenvalue weighted by Gasteiger charge is 2.49. The smallest absolute Gasteiger partial charge is 0.385 e. The molecule has 0 bridgehead atoms. The summed E-state index contributed by atoms with van der Waals surface area (Å²) in [5.41, 5.74) is 0.959. The van der Waals surface area contributed by atoms with Crippen LogP contribution in [0.25, 0.3) is 0 Å². The number of Topliss-reactive ketones (excluding diaryl/α,β-unsaturated/α-hetero) is 1. The molecular weight excluding hydrogens is 578 g/mol.